The molecule has 114 valence electrons. The van der Waals surface area contributed by atoms with Crippen molar-refractivity contribution in [2.24, 2.45) is 10.8 Å². The number of rotatable bonds is 3. The van der Waals surface area contributed by atoms with Crippen molar-refractivity contribution in [1.29, 1.82) is 0 Å². The molecule has 0 radical (unpaired) electrons. The van der Waals surface area contributed by atoms with E-state index in [1.54, 1.807) is 20.8 Å². The Labute approximate surface area is 117 Å². The number of piperidine rings is 1. The third-order valence-electron chi connectivity index (χ3n) is 4.02. The molecule has 2 N–H and O–H groups in total. The van der Waals surface area contributed by atoms with Gasteiger partial charge in [0.1, 0.15) is 5.41 Å². The van der Waals surface area contributed by atoms with Gasteiger partial charge >= 0.3 is 12.1 Å². The predicted molar refractivity (Wildman–Crippen MR) is 69.5 cm³/mol. The summed E-state index contributed by atoms with van der Waals surface area (Å²) in [5.74, 6) is -1.78. The molecule has 1 fully saturated rings. The molecule has 1 aliphatic rings. The zero-order valence-corrected chi connectivity index (χ0v) is 12.2. The maximum atomic E-state index is 12.3. The highest BCUT2D eigenvalue weighted by molar-refractivity contribution is 6.06. The van der Waals surface area contributed by atoms with E-state index in [2.05, 4.69) is 0 Å². The molecule has 1 saturated heterocycles. The Kier molecular flexibility index (Phi) is 4.43. The zero-order valence-electron chi connectivity index (χ0n) is 12.2. The quantitative estimate of drug-likeness (QED) is 0.752. The highest BCUT2D eigenvalue weighted by atomic mass is 16.5. The largest absolute Gasteiger partial charge is 0.480 e. The second-order valence-corrected chi connectivity index (χ2v) is 6.11. The average Bonchev–Trinajstić information content (AvgIpc) is 2.28. The standard InChI is InChI=1S/C13H21NO6/c1-12(2,3)13(10(16)17)5-8(7-20-4)14(11(18)19)6-9(13)15/h8H,5-7H2,1-4H3,(H,16,17)(H,18,19)/t8-,13?/m0/s1. The Morgan fingerprint density at radius 1 is 1.40 bits per heavy atom. The number of hydrogen-bond acceptors (Lipinski definition) is 4. The lowest BCUT2D eigenvalue weighted by molar-refractivity contribution is -0.170. The Hall–Kier alpha value is -1.63. The molecular formula is C13H21NO6. The molecule has 7 nitrogen and oxygen atoms in total. The van der Waals surface area contributed by atoms with E-state index in [9.17, 15) is 19.5 Å². The Balaban J connectivity index is 3.26. The first-order valence-electron chi connectivity index (χ1n) is 6.33. The second kappa shape index (κ2) is 5.40. The molecule has 1 rings (SSSR count). The first kappa shape index (κ1) is 16.4. The van der Waals surface area contributed by atoms with Crippen LogP contribution < -0.4 is 0 Å². The van der Waals surface area contributed by atoms with Crippen LogP contribution in [0.2, 0.25) is 0 Å². The Bertz CT molecular complexity index is 427. The van der Waals surface area contributed by atoms with Crippen LogP contribution in [0, 0.1) is 10.8 Å². The Morgan fingerprint density at radius 2 is 1.95 bits per heavy atom. The number of methoxy groups -OCH3 is 1. The molecular weight excluding hydrogens is 266 g/mol. The van der Waals surface area contributed by atoms with E-state index in [0.717, 1.165) is 4.90 Å². The predicted octanol–water partition coefficient (Wildman–Crippen LogP) is 1.07. The molecule has 7 heteroatoms. The molecule has 0 aromatic heterocycles. The van der Waals surface area contributed by atoms with Crippen LogP contribution in [0.5, 0.6) is 0 Å². The van der Waals surface area contributed by atoms with Crippen molar-refractivity contribution in [1.82, 2.24) is 4.90 Å². The first-order valence-corrected chi connectivity index (χ1v) is 6.33. The van der Waals surface area contributed by atoms with Gasteiger partial charge in [-0.2, -0.15) is 0 Å². The number of Topliss-reactive ketones (excluding diaryl/α,β-unsaturated/α-hetero) is 1. The topological polar surface area (TPSA) is 104 Å². The van der Waals surface area contributed by atoms with Crippen molar-refractivity contribution in [3.63, 3.8) is 0 Å². The molecule has 0 aromatic carbocycles. The molecule has 0 aromatic rings. The van der Waals surface area contributed by atoms with Crippen LogP contribution in [0.15, 0.2) is 0 Å². The number of aliphatic carboxylic acids is 1. The van der Waals surface area contributed by atoms with Gasteiger partial charge in [0, 0.05) is 7.11 Å². The van der Waals surface area contributed by atoms with Gasteiger partial charge in [-0.1, -0.05) is 20.8 Å². The highest BCUT2D eigenvalue weighted by Gasteiger charge is 2.59. The van der Waals surface area contributed by atoms with E-state index in [1.165, 1.54) is 7.11 Å². The van der Waals surface area contributed by atoms with Crippen molar-refractivity contribution in [3.8, 4) is 0 Å². The Morgan fingerprint density at radius 3 is 2.30 bits per heavy atom. The van der Waals surface area contributed by atoms with E-state index in [4.69, 9.17) is 9.84 Å². The number of ketones is 1. The van der Waals surface area contributed by atoms with Crippen LogP contribution in [0.4, 0.5) is 4.79 Å². The van der Waals surface area contributed by atoms with Gasteiger partial charge in [-0.25, -0.2) is 4.79 Å². The second-order valence-electron chi connectivity index (χ2n) is 6.11. The van der Waals surface area contributed by atoms with Crippen LogP contribution in [0.1, 0.15) is 27.2 Å². The zero-order chi connectivity index (χ0) is 15.7. The molecule has 2 atom stereocenters. The first-order chi connectivity index (χ1) is 9.07. The van der Waals surface area contributed by atoms with Gasteiger partial charge < -0.3 is 14.9 Å². The lowest BCUT2D eigenvalue weighted by Crippen LogP contribution is -2.63. The maximum Gasteiger partial charge on any atom is 0.408 e. The molecule has 1 heterocycles. The summed E-state index contributed by atoms with van der Waals surface area (Å²) in [5, 5.41) is 18.7. The minimum atomic E-state index is -1.60. The van der Waals surface area contributed by atoms with Crippen molar-refractivity contribution in [2.45, 2.75) is 33.2 Å². The number of likely N-dealkylation sites (tertiary alicyclic amines) is 1. The number of hydrogen-bond donors (Lipinski definition) is 2. The summed E-state index contributed by atoms with van der Waals surface area (Å²) in [6.07, 6.45) is -1.32. The number of ether oxygens (including phenoxy) is 1. The number of carboxylic acid groups (broad SMARTS) is 2. The summed E-state index contributed by atoms with van der Waals surface area (Å²) < 4.78 is 4.97. The summed E-state index contributed by atoms with van der Waals surface area (Å²) in [5.41, 5.74) is -2.41. The van der Waals surface area contributed by atoms with Crippen molar-refractivity contribution >= 4 is 17.8 Å². The SMILES string of the molecule is COC[C@@H]1CC(C(=O)O)(C(C)(C)C)C(=O)CN1C(=O)O. The summed E-state index contributed by atoms with van der Waals surface area (Å²) in [7, 11) is 1.41. The monoisotopic (exact) mass is 287 g/mol. The third-order valence-corrected chi connectivity index (χ3v) is 4.02. The highest BCUT2D eigenvalue weighted by Crippen LogP contribution is 2.47. The molecule has 0 saturated carbocycles. The lowest BCUT2D eigenvalue weighted by Gasteiger charge is -2.47. The molecule has 0 bridgehead atoms. The van der Waals surface area contributed by atoms with Gasteiger partial charge in [-0.15, -0.1) is 0 Å². The normalized spacial score (nSPS) is 27.5. The molecule has 0 aliphatic carbocycles. The fourth-order valence-corrected chi connectivity index (χ4v) is 2.81. The fourth-order valence-electron chi connectivity index (χ4n) is 2.81. The summed E-state index contributed by atoms with van der Waals surface area (Å²) in [6.45, 7) is 4.68. The van der Waals surface area contributed by atoms with Crippen LogP contribution in [-0.4, -0.2) is 59.3 Å². The third kappa shape index (κ3) is 2.49. The van der Waals surface area contributed by atoms with E-state index in [-0.39, 0.29) is 13.0 Å². The van der Waals surface area contributed by atoms with Crippen LogP contribution >= 0.6 is 0 Å². The summed E-state index contributed by atoms with van der Waals surface area (Å²) in [4.78, 5) is 36.2. The van der Waals surface area contributed by atoms with Crippen LogP contribution in [0.25, 0.3) is 0 Å². The molecule has 1 aliphatic heterocycles. The number of carbonyl (C=O) groups is 3. The van der Waals surface area contributed by atoms with E-state index in [0.29, 0.717) is 0 Å². The summed E-state index contributed by atoms with van der Waals surface area (Å²) in [6, 6.07) is -0.648. The molecule has 0 spiro atoms. The van der Waals surface area contributed by atoms with Gasteiger partial charge in [0.05, 0.1) is 19.2 Å². The molecule has 1 amide bonds. The van der Waals surface area contributed by atoms with Crippen molar-refractivity contribution < 1.29 is 29.3 Å². The molecule has 20 heavy (non-hydrogen) atoms. The van der Waals surface area contributed by atoms with Crippen molar-refractivity contribution in [3.05, 3.63) is 0 Å². The number of carboxylic acids is 1. The number of nitrogens with zero attached hydrogens (tertiary/aromatic N) is 1. The molecule has 1 unspecified atom stereocenters. The number of amides is 1. The van der Waals surface area contributed by atoms with Crippen molar-refractivity contribution in [2.75, 3.05) is 20.3 Å². The van der Waals surface area contributed by atoms with Gasteiger partial charge in [0.15, 0.2) is 5.78 Å². The van der Waals surface area contributed by atoms with Gasteiger partial charge in [-0.05, 0) is 11.8 Å². The lowest BCUT2D eigenvalue weighted by atomic mass is 9.59. The van der Waals surface area contributed by atoms with Crippen LogP contribution in [0.3, 0.4) is 0 Å². The maximum absolute atomic E-state index is 12.3. The van der Waals surface area contributed by atoms with E-state index < -0.39 is 41.3 Å². The minimum absolute atomic E-state index is 0.0602. The van der Waals surface area contributed by atoms with Gasteiger partial charge in [0.25, 0.3) is 0 Å². The van der Waals surface area contributed by atoms with Crippen LogP contribution in [-0.2, 0) is 14.3 Å². The minimum Gasteiger partial charge on any atom is -0.480 e. The smallest absolute Gasteiger partial charge is 0.408 e. The van der Waals surface area contributed by atoms with E-state index in [1.807, 2.05) is 0 Å². The van der Waals surface area contributed by atoms with E-state index >= 15 is 0 Å². The van der Waals surface area contributed by atoms with Gasteiger partial charge in [-0.3, -0.25) is 14.5 Å². The number of carbonyl (C=O) groups excluding carboxylic acids is 1. The summed E-state index contributed by atoms with van der Waals surface area (Å²) >= 11 is 0. The average molecular weight is 287 g/mol. The fraction of sp³-hybridized carbons (Fsp3) is 0.769. The van der Waals surface area contributed by atoms with Gasteiger partial charge in [0.2, 0.25) is 0 Å².